The highest BCUT2D eigenvalue weighted by atomic mass is 32.2. The third kappa shape index (κ3) is 5.80. The minimum atomic E-state index is -3.65. The zero-order valence-electron chi connectivity index (χ0n) is 19.8. The molecule has 35 heavy (non-hydrogen) atoms. The van der Waals surface area contributed by atoms with Gasteiger partial charge in [0.1, 0.15) is 5.75 Å². The van der Waals surface area contributed by atoms with Gasteiger partial charge < -0.3 is 4.74 Å². The largest absolute Gasteiger partial charge is 0.484 e. The molecule has 1 aliphatic rings. The van der Waals surface area contributed by atoms with Crippen LogP contribution in [0.5, 0.6) is 5.75 Å². The molecule has 9 heteroatoms. The lowest BCUT2D eigenvalue weighted by molar-refractivity contribution is -0.132. The van der Waals surface area contributed by atoms with Crippen molar-refractivity contribution in [3.8, 4) is 5.75 Å². The molecule has 3 aromatic carbocycles. The van der Waals surface area contributed by atoms with Crippen molar-refractivity contribution in [3.05, 3.63) is 71.8 Å². The summed E-state index contributed by atoms with van der Waals surface area (Å²) in [6.45, 7) is 4.19. The topological polar surface area (TPSA) is 105 Å². The molecule has 1 saturated heterocycles. The Hall–Kier alpha value is -3.43. The van der Waals surface area contributed by atoms with Gasteiger partial charge in [0.15, 0.2) is 6.61 Å². The van der Waals surface area contributed by atoms with Crippen molar-refractivity contribution >= 4 is 32.6 Å². The Morgan fingerprint density at radius 2 is 1.63 bits per heavy atom. The molecule has 0 bridgehead atoms. The Morgan fingerprint density at radius 1 is 0.914 bits per heavy atom. The van der Waals surface area contributed by atoms with Crippen molar-refractivity contribution < 1.29 is 22.7 Å². The summed E-state index contributed by atoms with van der Waals surface area (Å²) in [6.07, 6.45) is 0.737. The van der Waals surface area contributed by atoms with E-state index in [4.69, 9.17) is 4.74 Å². The van der Waals surface area contributed by atoms with Gasteiger partial charge in [0.05, 0.1) is 4.90 Å². The van der Waals surface area contributed by atoms with Crippen LogP contribution in [-0.4, -0.2) is 44.2 Å². The van der Waals surface area contributed by atoms with Crippen LogP contribution in [0.25, 0.3) is 10.8 Å². The predicted octanol–water partition coefficient (Wildman–Crippen LogP) is 3.08. The first-order valence-corrected chi connectivity index (χ1v) is 13.0. The predicted molar refractivity (Wildman–Crippen MR) is 133 cm³/mol. The number of fused-ring (bicyclic) bond motifs is 1. The molecule has 0 aromatic heterocycles. The standard InChI is InChI=1S/C26H29N3O5S/c1-18-7-9-23(15-19(18)2)34-17-25(30)27-28-26(31)21-11-13-29(14-12-21)35(32,33)24-10-8-20-5-3-4-6-22(20)16-24/h3-10,15-16,21H,11-14,17H2,1-2H3,(H,27,30)(H,28,31). The first kappa shape index (κ1) is 24.7. The average molecular weight is 496 g/mol. The molecule has 1 heterocycles. The monoisotopic (exact) mass is 495 g/mol. The zero-order chi connectivity index (χ0) is 25.0. The number of piperidine rings is 1. The fourth-order valence-electron chi connectivity index (χ4n) is 4.06. The maximum Gasteiger partial charge on any atom is 0.276 e. The molecule has 3 aromatic rings. The van der Waals surface area contributed by atoms with Crippen LogP contribution in [0.3, 0.4) is 0 Å². The van der Waals surface area contributed by atoms with Crippen LogP contribution in [0.15, 0.2) is 65.6 Å². The molecule has 0 atom stereocenters. The van der Waals surface area contributed by atoms with Gasteiger partial charge >= 0.3 is 0 Å². The highest BCUT2D eigenvalue weighted by Gasteiger charge is 2.32. The highest BCUT2D eigenvalue weighted by Crippen LogP contribution is 2.26. The third-order valence-electron chi connectivity index (χ3n) is 6.36. The van der Waals surface area contributed by atoms with Gasteiger partial charge in [0.25, 0.3) is 5.91 Å². The molecule has 0 aliphatic carbocycles. The van der Waals surface area contributed by atoms with E-state index in [0.717, 1.165) is 21.9 Å². The van der Waals surface area contributed by atoms with Gasteiger partial charge in [0.2, 0.25) is 15.9 Å². The first-order valence-electron chi connectivity index (χ1n) is 11.5. The molecule has 2 amide bonds. The summed E-state index contributed by atoms with van der Waals surface area (Å²) in [5.41, 5.74) is 6.98. The minimum absolute atomic E-state index is 0.231. The van der Waals surface area contributed by atoms with E-state index in [1.807, 2.05) is 50.2 Å². The summed E-state index contributed by atoms with van der Waals surface area (Å²) >= 11 is 0. The van der Waals surface area contributed by atoms with Crippen molar-refractivity contribution in [2.45, 2.75) is 31.6 Å². The van der Waals surface area contributed by atoms with Crippen LogP contribution in [0.2, 0.25) is 0 Å². The number of amides is 2. The second kappa shape index (κ2) is 10.5. The third-order valence-corrected chi connectivity index (χ3v) is 8.25. The van der Waals surface area contributed by atoms with Gasteiger partial charge in [-0.15, -0.1) is 0 Å². The van der Waals surface area contributed by atoms with Gasteiger partial charge in [-0.2, -0.15) is 4.31 Å². The fraction of sp³-hybridized carbons (Fsp3) is 0.308. The van der Waals surface area contributed by atoms with Gasteiger partial charge in [-0.3, -0.25) is 20.4 Å². The van der Waals surface area contributed by atoms with E-state index >= 15 is 0 Å². The molecule has 0 radical (unpaired) electrons. The summed E-state index contributed by atoms with van der Waals surface area (Å²) in [6, 6.07) is 18.2. The molecular weight excluding hydrogens is 466 g/mol. The van der Waals surface area contributed by atoms with E-state index in [1.54, 1.807) is 24.3 Å². The molecule has 0 saturated carbocycles. The minimum Gasteiger partial charge on any atom is -0.484 e. The van der Waals surface area contributed by atoms with E-state index in [1.165, 1.54) is 4.31 Å². The highest BCUT2D eigenvalue weighted by molar-refractivity contribution is 7.89. The number of benzene rings is 3. The maximum absolute atomic E-state index is 13.1. The summed E-state index contributed by atoms with van der Waals surface area (Å²) in [4.78, 5) is 24.8. The first-order chi connectivity index (χ1) is 16.7. The Bertz CT molecular complexity index is 1350. The summed E-state index contributed by atoms with van der Waals surface area (Å²) in [5, 5.41) is 1.84. The zero-order valence-corrected chi connectivity index (χ0v) is 20.6. The summed E-state index contributed by atoms with van der Waals surface area (Å²) in [5.74, 6) is -0.631. The number of hydrogen-bond donors (Lipinski definition) is 2. The van der Waals surface area contributed by atoms with Gasteiger partial charge in [0, 0.05) is 19.0 Å². The van der Waals surface area contributed by atoms with E-state index in [2.05, 4.69) is 10.9 Å². The van der Waals surface area contributed by atoms with Crippen molar-refractivity contribution in [1.29, 1.82) is 0 Å². The SMILES string of the molecule is Cc1ccc(OCC(=O)NNC(=O)C2CCN(S(=O)(=O)c3ccc4ccccc4c3)CC2)cc1C. The number of ether oxygens (including phenoxy) is 1. The van der Waals surface area contributed by atoms with Crippen LogP contribution < -0.4 is 15.6 Å². The number of carbonyl (C=O) groups excluding carboxylic acids is 2. The summed E-state index contributed by atoms with van der Waals surface area (Å²) < 4.78 is 33.1. The van der Waals surface area contributed by atoms with Gasteiger partial charge in [-0.05, 0) is 72.9 Å². The van der Waals surface area contributed by atoms with Crippen molar-refractivity contribution in [2.75, 3.05) is 19.7 Å². The van der Waals surface area contributed by atoms with Crippen molar-refractivity contribution in [3.63, 3.8) is 0 Å². The van der Waals surface area contributed by atoms with Crippen molar-refractivity contribution in [1.82, 2.24) is 15.2 Å². The molecule has 4 rings (SSSR count). The number of carbonyl (C=O) groups is 2. The number of sulfonamides is 1. The van der Waals surface area contributed by atoms with Crippen LogP contribution in [0.1, 0.15) is 24.0 Å². The second-order valence-electron chi connectivity index (χ2n) is 8.76. The Kier molecular flexibility index (Phi) is 7.37. The Morgan fingerprint density at radius 3 is 2.34 bits per heavy atom. The normalized spacial score (nSPS) is 15.0. The number of hydrazine groups is 1. The van der Waals surface area contributed by atoms with Crippen LogP contribution >= 0.6 is 0 Å². The number of nitrogens with one attached hydrogen (secondary N) is 2. The van der Waals surface area contributed by atoms with E-state index in [0.29, 0.717) is 18.6 Å². The molecule has 1 fully saturated rings. The van der Waals surface area contributed by atoms with Gasteiger partial charge in [-0.1, -0.05) is 36.4 Å². The molecule has 1 aliphatic heterocycles. The maximum atomic E-state index is 13.1. The Balaban J connectivity index is 1.25. The lowest BCUT2D eigenvalue weighted by Crippen LogP contribution is -2.49. The van der Waals surface area contributed by atoms with E-state index < -0.39 is 15.9 Å². The fourth-order valence-corrected chi connectivity index (χ4v) is 5.56. The second-order valence-corrected chi connectivity index (χ2v) is 10.7. The quantitative estimate of drug-likeness (QED) is 0.512. The number of rotatable bonds is 6. The van der Waals surface area contributed by atoms with Crippen LogP contribution in [0, 0.1) is 19.8 Å². The summed E-state index contributed by atoms with van der Waals surface area (Å²) in [7, 11) is -3.65. The molecular formula is C26H29N3O5S. The lowest BCUT2D eigenvalue weighted by Gasteiger charge is -2.30. The number of hydrogen-bond acceptors (Lipinski definition) is 5. The number of aryl methyl sites for hydroxylation is 2. The molecule has 0 spiro atoms. The average Bonchev–Trinajstić information content (AvgIpc) is 2.87. The van der Waals surface area contributed by atoms with Gasteiger partial charge in [-0.25, -0.2) is 8.42 Å². The van der Waals surface area contributed by atoms with Crippen LogP contribution in [0.4, 0.5) is 0 Å². The van der Waals surface area contributed by atoms with E-state index in [-0.39, 0.29) is 36.4 Å². The molecule has 0 unspecified atom stereocenters. The van der Waals surface area contributed by atoms with Crippen LogP contribution in [-0.2, 0) is 19.6 Å². The molecule has 184 valence electrons. The lowest BCUT2D eigenvalue weighted by atomic mass is 9.98. The molecule has 8 nitrogen and oxygen atoms in total. The van der Waals surface area contributed by atoms with Crippen molar-refractivity contribution in [2.24, 2.45) is 5.92 Å². The Labute approximate surface area is 205 Å². The smallest absolute Gasteiger partial charge is 0.276 e. The van der Waals surface area contributed by atoms with E-state index in [9.17, 15) is 18.0 Å². The molecule has 2 N–H and O–H groups in total. The number of nitrogens with zero attached hydrogens (tertiary/aromatic N) is 1.